The molecule has 2 amide bonds. The predicted octanol–water partition coefficient (Wildman–Crippen LogP) is 1.96. The van der Waals surface area contributed by atoms with Crippen molar-refractivity contribution < 1.29 is 14.0 Å². The molecule has 0 unspecified atom stereocenters. The topological polar surface area (TPSA) is 71.3 Å². The third kappa shape index (κ3) is 3.10. The highest BCUT2D eigenvalue weighted by molar-refractivity contribution is 14.1. The van der Waals surface area contributed by atoms with Gasteiger partial charge in [-0.05, 0) is 52.9 Å². The van der Waals surface area contributed by atoms with Gasteiger partial charge >= 0.3 is 5.91 Å². The van der Waals surface area contributed by atoms with Gasteiger partial charge in [-0.2, -0.15) is 0 Å². The monoisotopic (exact) mass is 356 g/mol. The molecule has 2 N–H and O–H groups in total. The molecule has 0 fully saturated rings. The Labute approximate surface area is 117 Å². The van der Waals surface area contributed by atoms with Crippen molar-refractivity contribution in [2.45, 2.75) is 0 Å². The molecule has 2 aromatic rings. The molecule has 1 heterocycles. The normalized spacial score (nSPS) is 9.83. The number of benzene rings is 1. The van der Waals surface area contributed by atoms with E-state index in [2.05, 4.69) is 33.4 Å². The summed E-state index contributed by atoms with van der Waals surface area (Å²) in [5.41, 5.74) is 5.05. The smallest absolute Gasteiger partial charge is 0.305 e. The predicted molar refractivity (Wildman–Crippen MR) is 72.8 cm³/mol. The molecule has 0 aliphatic heterocycles. The summed E-state index contributed by atoms with van der Waals surface area (Å²) in [4.78, 5) is 23.2. The molecule has 0 spiro atoms. The number of nitrogens with one attached hydrogen (secondary N) is 2. The van der Waals surface area contributed by atoms with Gasteiger partial charge in [-0.3, -0.25) is 20.4 Å². The van der Waals surface area contributed by atoms with E-state index < -0.39 is 5.91 Å². The Morgan fingerprint density at radius 3 is 2.50 bits per heavy atom. The van der Waals surface area contributed by atoms with Crippen LogP contribution in [-0.4, -0.2) is 11.8 Å². The lowest BCUT2D eigenvalue weighted by Crippen LogP contribution is -2.41. The van der Waals surface area contributed by atoms with E-state index in [0.717, 1.165) is 3.57 Å². The van der Waals surface area contributed by atoms with Crippen molar-refractivity contribution in [1.82, 2.24) is 10.9 Å². The molecule has 2 rings (SSSR count). The van der Waals surface area contributed by atoms with Crippen LogP contribution in [0.1, 0.15) is 20.9 Å². The Balaban J connectivity index is 1.95. The first-order valence-electron chi connectivity index (χ1n) is 5.06. The van der Waals surface area contributed by atoms with Gasteiger partial charge in [-0.1, -0.05) is 6.07 Å². The van der Waals surface area contributed by atoms with Crippen LogP contribution < -0.4 is 10.9 Å². The average Bonchev–Trinajstić information content (AvgIpc) is 2.89. The molecule has 92 valence electrons. The minimum atomic E-state index is -0.501. The van der Waals surface area contributed by atoms with Crippen LogP contribution in [0.15, 0.2) is 47.1 Å². The van der Waals surface area contributed by atoms with Gasteiger partial charge in [0.1, 0.15) is 0 Å². The fraction of sp³-hybridized carbons (Fsp3) is 0. The standard InChI is InChI=1S/C12H9IN2O3/c13-9-4-1-3-8(7-9)11(16)14-15-12(17)10-5-2-6-18-10/h1-7H,(H,14,16)(H,15,17). The molecule has 0 saturated carbocycles. The molecule has 0 bridgehead atoms. The van der Waals surface area contributed by atoms with Crippen LogP contribution in [0.25, 0.3) is 0 Å². The van der Waals surface area contributed by atoms with E-state index in [-0.39, 0.29) is 11.7 Å². The number of carbonyl (C=O) groups excluding carboxylic acids is 2. The first-order chi connectivity index (χ1) is 8.66. The summed E-state index contributed by atoms with van der Waals surface area (Å²) in [6.45, 7) is 0. The molecule has 0 aliphatic carbocycles. The zero-order valence-electron chi connectivity index (χ0n) is 9.14. The second-order valence-corrected chi connectivity index (χ2v) is 4.64. The summed E-state index contributed by atoms with van der Waals surface area (Å²) in [6.07, 6.45) is 1.39. The van der Waals surface area contributed by atoms with E-state index in [9.17, 15) is 9.59 Å². The van der Waals surface area contributed by atoms with E-state index in [4.69, 9.17) is 4.42 Å². The molecule has 0 radical (unpaired) electrons. The van der Waals surface area contributed by atoms with Gasteiger partial charge in [0.25, 0.3) is 5.91 Å². The third-order valence-electron chi connectivity index (χ3n) is 2.12. The van der Waals surface area contributed by atoms with E-state index in [1.54, 1.807) is 24.3 Å². The van der Waals surface area contributed by atoms with Crippen molar-refractivity contribution >= 4 is 34.4 Å². The number of carbonyl (C=O) groups is 2. The number of hydrazine groups is 1. The van der Waals surface area contributed by atoms with Gasteiger partial charge < -0.3 is 4.42 Å². The summed E-state index contributed by atoms with van der Waals surface area (Å²) in [7, 11) is 0. The van der Waals surface area contributed by atoms with Crippen molar-refractivity contribution in [3.05, 3.63) is 57.6 Å². The third-order valence-corrected chi connectivity index (χ3v) is 2.79. The van der Waals surface area contributed by atoms with E-state index in [0.29, 0.717) is 5.56 Å². The van der Waals surface area contributed by atoms with Gasteiger partial charge in [-0.25, -0.2) is 0 Å². The average molecular weight is 356 g/mol. The molecule has 6 heteroatoms. The number of amides is 2. The zero-order valence-corrected chi connectivity index (χ0v) is 11.3. The lowest BCUT2D eigenvalue weighted by Gasteiger charge is -2.05. The van der Waals surface area contributed by atoms with Crippen LogP contribution in [-0.2, 0) is 0 Å². The second-order valence-electron chi connectivity index (χ2n) is 3.40. The number of furan rings is 1. The molecular weight excluding hydrogens is 347 g/mol. The first kappa shape index (κ1) is 12.6. The minimum absolute atomic E-state index is 0.137. The van der Waals surface area contributed by atoms with Crippen LogP contribution in [0.4, 0.5) is 0 Å². The highest BCUT2D eigenvalue weighted by Gasteiger charge is 2.10. The lowest BCUT2D eigenvalue weighted by atomic mass is 10.2. The Kier molecular flexibility index (Phi) is 3.98. The number of hydrogen-bond acceptors (Lipinski definition) is 3. The largest absolute Gasteiger partial charge is 0.459 e. The summed E-state index contributed by atoms with van der Waals surface area (Å²) in [5, 5.41) is 0. The van der Waals surface area contributed by atoms with E-state index >= 15 is 0 Å². The fourth-order valence-electron chi connectivity index (χ4n) is 1.28. The van der Waals surface area contributed by atoms with Crippen LogP contribution in [0, 0.1) is 3.57 Å². The number of hydrogen-bond donors (Lipinski definition) is 2. The van der Waals surface area contributed by atoms with Crippen LogP contribution in [0.3, 0.4) is 0 Å². The lowest BCUT2D eigenvalue weighted by molar-refractivity contribution is 0.0831. The van der Waals surface area contributed by atoms with E-state index in [1.165, 1.54) is 12.3 Å². The van der Waals surface area contributed by atoms with Crippen LogP contribution in [0.2, 0.25) is 0 Å². The summed E-state index contributed by atoms with van der Waals surface area (Å²) in [5.74, 6) is -0.745. The van der Waals surface area contributed by atoms with Crippen molar-refractivity contribution in [2.75, 3.05) is 0 Å². The molecule has 0 saturated heterocycles. The van der Waals surface area contributed by atoms with Crippen molar-refractivity contribution in [2.24, 2.45) is 0 Å². The highest BCUT2D eigenvalue weighted by atomic mass is 127. The molecule has 1 aromatic heterocycles. The first-order valence-corrected chi connectivity index (χ1v) is 6.14. The molecule has 0 aliphatic rings. The van der Waals surface area contributed by atoms with Gasteiger partial charge in [0.2, 0.25) is 0 Å². The summed E-state index contributed by atoms with van der Waals surface area (Å²) < 4.78 is 5.83. The maximum Gasteiger partial charge on any atom is 0.305 e. The Morgan fingerprint density at radius 1 is 1.06 bits per heavy atom. The van der Waals surface area contributed by atoms with Gasteiger partial charge in [0.05, 0.1) is 6.26 Å². The summed E-state index contributed by atoms with van der Waals surface area (Å²) in [6, 6.07) is 10.1. The second kappa shape index (κ2) is 5.67. The zero-order chi connectivity index (χ0) is 13.0. The molecule has 5 nitrogen and oxygen atoms in total. The van der Waals surface area contributed by atoms with Gasteiger partial charge in [0.15, 0.2) is 5.76 Å². The minimum Gasteiger partial charge on any atom is -0.459 e. The Morgan fingerprint density at radius 2 is 1.83 bits per heavy atom. The van der Waals surface area contributed by atoms with Crippen LogP contribution >= 0.6 is 22.6 Å². The highest BCUT2D eigenvalue weighted by Crippen LogP contribution is 2.07. The van der Waals surface area contributed by atoms with Gasteiger partial charge in [0, 0.05) is 9.13 Å². The number of rotatable bonds is 2. The molecule has 0 atom stereocenters. The SMILES string of the molecule is O=C(NNC(=O)c1ccco1)c1cccc(I)c1. The fourth-order valence-corrected chi connectivity index (χ4v) is 1.83. The van der Waals surface area contributed by atoms with Crippen molar-refractivity contribution in [1.29, 1.82) is 0 Å². The molecule has 18 heavy (non-hydrogen) atoms. The maximum absolute atomic E-state index is 11.7. The maximum atomic E-state index is 11.7. The Bertz CT molecular complexity index is 566. The van der Waals surface area contributed by atoms with Crippen molar-refractivity contribution in [3.63, 3.8) is 0 Å². The van der Waals surface area contributed by atoms with Gasteiger partial charge in [-0.15, -0.1) is 0 Å². The Hall–Kier alpha value is -1.83. The molecule has 1 aromatic carbocycles. The van der Waals surface area contributed by atoms with Crippen molar-refractivity contribution in [3.8, 4) is 0 Å². The summed E-state index contributed by atoms with van der Waals surface area (Å²) >= 11 is 2.11. The van der Waals surface area contributed by atoms with Crippen LogP contribution in [0.5, 0.6) is 0 Å². The molecular formula is C12H9IN2O3. The quantitative estimate of drug-likeness (QED) is 0.638. The van der Waals surface area contributed by atoms with E-state index in [1.807, 2.05) is 6.07 Å². The number of halogens is 1.